The van der Waals surface area contributed by atoms with Gasteiger partial charge in [-0.15, -0.1) is 0 Å². The standard InChI is InChI=1S/C84H57P/c1-4-22-61(23-5-1)82-76-34-16-10-28-67(76)73(68-29-11-17-35-77(68)82)55-46-58-40-49-64(50-41-58)85(65-51-42-59(43-52-65)47-56-74-69-30-12-18-36-78(69)83(62-24-6-2-7-25-62)79-37-19-13-31-70(74)79)66-53-44-60(45-54-66)48-57-75-71-32-14-20-38-80(71)84(63-26-8-3-9-27-63)81-39-21-15-33-72(75)81/h1-57H/b55-46+,56-47+,57-48+. The first-order chi connectivity index (χ1) is 42.2. The molecule has 0 heterocycles. The van der Waals surface area contributed by atoms with Crippen molar-refractivity contribution in [3.05, 3.63) is 343 Å². The highest BCUT2D eigenvalue weighted by molar-refractivity contribution is 7.79. The molecule has 0 atom stereocenters. The van der Waals surface area contributed by atoms with Gasteiger partial charge in [-0.3, -0.25) is 0 Å². The van der Waals surface area contributed by atoms with Crippen molar-refractivity contribution in [3.8, 4) is 33.4 Å². The summed E-state index contributed by atoms with van der Waals surface area (Å²) in [6, 6.07) is 114. The number of hydrogen-bond acceptors (Lipinski definition) is 0. The highest BCUT2D eigenvalue weighted by atomic mass is 31.1. The Bertz CT molecular complexity index is 4370. The lowest BCUT2D eigenvalue weighted by molar-refractivity contribution is 1.66. The first-order valence-corrected chi connectivity index (χ1v) is 30.7. The topological polar surface area (TPSA) is 0 Å². The average Bonchev–Trinajstić information content (AvgIpc) is 2.37. The van der Waals surface area contributed by atoms with Gasteiger partial charge >= 0.3 is 0 Å². The quantitative estimate of drug-likeness (QED) is 0.0650. The molecule has 0 bridgehead atoms. The van der Waals surface area contributed by atoms with Crippen LogP contribution in [0.4, 0.5) is 0 Å². The molecule has 0 amide bonds. The van der Waals surface area contributed by atoms with E-state index in [0.29, 0.717) is 0 Å². The summed E-state index contributed by atoms with van der Waals surface area (Å²) in [7, 11) is -0.934. The zero-order valence-electron chi connectivity index (χ0n) is 46.9. The minimum absolute atomic E-state index is 0.934. The molecule has 0 aromatic heterocycles. The van der Waals surface area contributed by atoms with Crippen molar-refractivity contribution in [2.45, 2.75) is 0 Å². The predicted octanol–water partition coefficient (Wildman–Crippen LogP) is 21.9. The van der Waals surface area contributed by atoms with E-state index in [4.69, 9.17) is 0 Å². The monoisotopic (exact) mass is 1100 g/mol. The molecule has 398 valence electrons. The lowest BCUT2D eigenvalue weighted by Gasteiger charge is -2.20. The van der Waals surface area contributed by atoms with E-state index in [1.807, 2.05) is 0 Å². The van der Waals surface area contributed by atoms with Gasteiger partial charge in [0.1, 0.15) is 0 Å². The van der Waals surface area contributed by atoms with Gasteiger partial charge in [0.05, 0.1) is 0 Å². The molecule has 15 aromatic rings. The highest BCUT2D eigenvalue weighted by Crippen LogP contribution is 2.44. The van der Waals surface area contributed by atoms with Gasteiger partial charge in [-0.05, 0) is 155 Å². The smallest absolute Gasteiger partial charge is 0.00264 e. The molecule has 0 radical (unpaired) electrons. The van der Waals surface area contributed by atoms with E-state index in [1.54, 1.807) is 0 Å². The maximum absolute atomic E-state index is 2.35. The number of fused-ring (bicyclic) bond motifs is 6. The van der Waals surface area contributed by atoms with Crippen LogP contribution in [0.2, 0.25) is 0 Å². The summed E-state index contributed by atoms with van der Waals surface area (Å²) >= 11 is 0. The van der Waals surface area contributed by atoms with E-state index >= 15 is 0 Å². The zero-order chi connectivity index (χ0) is 56.5. The van der Waals surface area contributed by atoms with E-state index in [-0.39, 0.29) is 0 Å². The Hall–Kier alpha value is -10.5. The summed E-state index contributed by atoms with van der Waals surface area (Å²) in [6.07, 6.45) is 13.8. The summed E-state index contributed by atoms with van der Waals surface area (Å²) in [5.74, 6) is 0. The molecular weight excluding hydrogens is 1040 g/mol. The molecule has 0 unspecified atom stereocenters. The first kappa shape index (κ1) is 51.4. The largest absolute Gasteiger partial charge is 0.0622 e. The summed E-state index contributed by atoms with van der Waals surface area (Å²) in [5, 5.41) is 18.9. The van der Waals surface area contributed by atoms with Crippen molar-refractivity contribution in [1.82, 2.24) is 0 Å². The van der Waals surface area contributed by atoms with Crippen LogP contribution in [0.1, 0.15) is 33.4 Å². The van der Waals surface area contributed by atoms with Crippen LogP contribution in [0.3, 0.4) is 0 Å². The molecule has 0 fully saturated rings. The SMILES string of the molecule is C(=C\c1c2ccccc2c(-c2ccccc2)c2ccccc12)/c1ccc(P(c2ccc(/C=C/c3c4ccccc4c(-c4ccccc4)c4ccccc34)cc2)c2ccc(/C=C/c3c4ccccc4c(-c4ccccc4)c4ccccc34)cc2)cc1. The fraction of sp³-hybridized carbons (Fsp3) is 0. The van der Waals surface area contributed by atoms with Crippen molar-refractivity contribution in [2.75, 3.05) is 0 Å². The molecule has 15 aromatic carbocycles. The summed E-state index contributed by atoms with van der Waals surface area (Å²) < 4.78 is 0. The Kier molecular flexibility index (Phi) is 13.7. The Morgan fingerprint density at radius 1 is 0.165 bits per heavy atom. The van der Waals surface area contributed by atoms with Crippen LogP contribution >= 0.6 is 7.92 Å². The maximum Gasteiger partial charge on any atom is -0.00264 e. The van der Waals surface area contributed by atoms with Crippen LogP contribution in [0.15, 0.2) is 309 Å². The van der Waals surface area contributed by atoms with Crippen LogP contribution in [-0.4, -0.2) is 0 Å². The van der Waals surface area contributed by atoms with Gasteiger partial charge in [0.15, 0.2) is 0 Å². The third-order valence-electron chi connectivity index (χ3n) is 16.9. The Balaban J connectivity index is 0.793. The predicted molar refractivity (Wildman–Crippen MR) is 373 cm³/mol. The molecular formula is C84H57P. The van der Waals surface area contributed by atoms with Crippen LogP contribution in [0.25, 0.3) is 134 Å². The third kappa shape index (κ3) is 9.73. The van der Waals surface area contributed by atoms with Gasteiger partial charge in [-0.1, -0.05) is 346 Å². The van der Waals surface area contributed by atoms with Gasteiger partial charge in [-0.2, -0.15) is 0 Å². The van der Waals surface area contributed by atoms with Gasteiger partial charge < -0.3 is 0 Å². The van der Waals surface area contributed by atoms with E-state index in [2.05, 4.69) is 346 Å². The van der Waals surface area contributed by atoms with Gasteiger partial charge in [-0.25, -0.2) is 0 Å². The second kappa shape index (κ2) is 22.7. The van der Waals surface area contributed by atoms with E-state index < -0.39 is 7.92 Å². The average molecular weight is 1100 g/mol. The van der Waals surface area contributed by atoms with Crippen LogP contribution in [0.5, 0.6) is 0 Å². The highest BCUT2D eigenvalue weighted by Gasteiger charge is 2.20. The normalized spacial score (nSPS) is 12.0. The first-order valence-electron chi connectivity index (χ1n) is 29.3. The van der Waals surface area contributed by atoms with E-state index in [0.717, 1.165) is 16.7 Å². The van der Waals surface area contributed by atoms with Crippen LogP contribution in [-0.2, 0) is 0 Å². The lowest BCUT2D eigenvalue weighted by atomic mass is 9.88. The maximum atomic E-state index is 2.35. The van der Waals surface area contributed by atoms with E-state index in [1.165, 1.54) is 131 Å². The summed E-state index contributed by atoms with van der Waals surface area (Å²) in [4.78, 5) is 0. The van der Waals surface area contributed by atoms with Crippen molar-refractivity contribution in [1.29, 1.82) is 0 Å². The van der Waals surface area contributed by atoms with E-state index in [9.17, 15) is 0 Å². The summed E-state index contributed by atoms with van der Waals surface area (Å²) in [6.45, 7) is 0. The molecule has 0 aliphatic heterocycles. The minimum atomic E-state index is -0.934. The molecule has 1 heteroatoms. The lowest BCUT2D eigenvalue weighted by Crippen LogP contribution is -2.20. The number of rotatable bonds is 12. The summed E-state index contributed by atoms with van der Waals surface area (Å²) in [5.41, 5.74) is 14.7. The van der Waals surface area contributed by atoms with Crippen molar-refractivity contribution < 1.29 is 0 Å². The van der Waals surface area contributed by atoms with Crippen LogP contribution in [0, 0.1) is 0 Å². The van der Waals surface area contributed by atoms with Crippen molar-refractivity contribution in [3.63, 3.8) is 0 Å². The van der Waals surface area contributed by atoms with Gasteiger partial charge in [0, 0.05) is 0 Å². The molecule has 0 aliphatic carbocycles. The zero-order valence-corrected chi connectivity index (χ0v) is 47.8. The second-order valence-corrected chi connectivity index (χ2v) is 24.1. The molecule has 15 rings (SSSR count). The van der Waals surface area contributed by atoms with Crippen molar-refractivity contribution >= 4 is 125 Å². The Labute approximate surface area is 498 Å². The van der Waals surface area contributed by atoms with Crippen LogP contribution < -0.4 is 15.9 Å². The van der Waals surface area contributed by atoms with Crippen molar-refractivity contribution in [2.24, 2.45) is 0 Å². The molecule has 0 saturated heterocycles. The molecule has 0 aliphatic rings. The minimum Gasteiger partial charge on any atom is -0.0622 e. The van der Waals surface area contributed by atoms with Gasteiger partial charge in [0.2, 0.25) is 0 Å². The fourth-order valence-electron chi connectivity index (χ4n) is 13.0. The Morgan fingerprint density at radius 2 is 0.353 bits per heavy atom. The molecule has 0 nitrogen and oxygen atoms in total. The van der Waals surface area contributed by atoms with Gasteiger partial charge in [0.25, 0.3) is 0 Å². The second-order valence-electron chi connectivity index (χ2n) is 21.8. The number of hydrogen-bond donors (Lipinski definition) is 0. The molecule has 0 saturated carbocycles. The number of benzene rings is 15. The Morgan fingerprint density at radius 3 is 0.565 bits per heavy atom. The molecule has 0 N–H and O–H groups in total. The molecule has 85 heavy (non-hydrogen) atoms. The fourth-order valence-corrected chi connectivity index (χ4v) is 15.2. The molecule has 0 spiro atoms. The third-order valence-corrected chi connectivity index (χ3v) is 19.3.